The van der Waals surface area contributed by atoms with Gasteiger partial charge >= 0.3 is 5.97 Å². The van der Waals surface area contributed by atoms with Gasteiger partial charge in [0.1, 0.15) is 6.61 Å². The van der Waals surface area contributed by atoms with E-state index < -0.39 is 5.97 Å². The summed E-state index contributed by atoms with van der Waals surface area (Å²) >= 11 is 3.63. The number of carbonyl (C=O) groups is 1. The van der Waals surface area contributed by atoms with Gasteiger partial charge in [0.15, 0.2) is 11.5 Å². The predicted molar refractivity (Wildman–Crippen MR) is 122 cm³/mol. The van der Waals surface area contributed by atoms with Crippen molar-refractivity contribution in [3.63, 3.8) is 0 Å². The maximum atomic E-state index is 11.1. The van der Waals surface area contributed by atoms with E-state index in [9.17, 15) is 4.79 Å². The van der Waals surface area contributed by atoms with Gasteiger partial charge in [-0.15, -0.1) is 0 Å². The molecule has 6 heteroatoms. The Bertz CT molecular complexity index is 1020. The summed E-state index contributed by atoms with van der Waals surface area (Å²) < 4.78 is 12.7. The number of aromatic carboxylic acids is 1. The molecular weight excluding hydrogens is 446 g/mol. The zero-order valence-electron chi connectivity index (χ0n) is 16.9. The molecule has 0 amide bonds. The molecule has 0 aromatic heterocycles. The molecule has 0 saturated carbocycles. The van der Waals surface area contributed by atoms with Crippen molar-refractivity contribution >= 4 is 27.6 Å². The SMILES string of the molecule is CCOc1cc(CNc2ccc(C(=O)O)cc2C)c(Br)cc1OCc1ccccc1. The number of anilines is 1. The smallest absolute Gasteiger partial charge is 0.335 e. The number of nitrogens with one attached hydrogen (secondary N) is 1. The minimum Gasteiger partial charge on any atom is -0.490 e. The minimum atomic E-state index is -0.931. The van der Waals surface area contributed by atoms with Crippen molar-refractivity contribution < 1.29 is 19.4 Å². The highest BCUT2D eigenvalue weighted by Crippen LogP contribution is 2.35. The summed E-state index contributed by atoms with van der Waals surface area (Å²) in [5, 5.41) is 12.5. The molecule has 0 saturated heterocycles. The Hall–Kier alpha value is -2.99. The number of ether oxygens (including phenoxy) is 2. The highest BCUT2D eigenvalue weighted by molar-refractivity contribution is 9.10. The molecule has 0 bridgehead atoms. The van der Waals surface area contributed by atoms with Crippen LogP contribution in [0.4, 0.5) is 5.69 Å². The molecule has 0 heterocycles. The van der Waals surface area contributed by atoms with Gasteiger partial charge < -0.3 is 19.9 Å². The van der Waals surface area contributed by atoms with Gasteiger partial charge in [-0.1, -0.05) is 46.3 Å². The standard InChI is InChI=1S/C24H24BrNO4/c1-3-29-22-12-19(14-26-21-10-9-18(24(27)28)11-16(21)2)20(25)13-23(22)30-15-17-7-5-4-6-8-17/h4-13,26H,3,14-15H2,1-2H3,(H,27,28). The lowest BCUT2D eigenvalue weighted by molar-refractivity contribution is 0.0697. The second kappa shape index (κ2) is 10.2. The second-order valence-electron chi connectivity index (χ2n) is 6.79. The van der Waals surface area contributed by atoms with Crippen LogP contribution in [0.3, 0.4) is 0 Å². The fourth-order valence-corrected chi connectivity index (χ4v) is 3.48. The molecule has 3 aromatic rings. The first-order valence-electron chi connectivity index (χ1n) is 9.67. The Morgan fingerprint density at radius 3 is 2.43 bits per heavy atom. The third kappa shape index (κ3) is 5.54. The van der Waals surface area contributed by atoms with Crippen LogP contribution in [0.1, 0.15) is 34.0 Å². The maximum absolute atomic E-state index is 11.1. The molecular formula is C24H24BrNO4. The molecule has 3 rings (SSSR count). The van der Waals surface area contributed by atoms with E-state index in [1.165, 1.54) is 0 Å². The molecule has 0 aliphatic rings. The molecule has 0 atom stereocenters. The maximum Gasteiger partial charge on any atom is 0.335 e. The molecule has 0 radical (unpaired) electrons. The Morgan fingerprint density at radius 2 is 1.77 bits per heavy atom. The van der Waals surface area contributed by atoms with Crippen LogP contribution in [0.5, 0.6) is 11.5 Å². The largest absolute Gasteiger partial charge is 0.490 e. The number of carboxylic acid groups (broad SMARTS) is 1. The van der Waals surface area contributed by atoms with Crippen molar-refractivity contribution in [2.24, 2.45) is 0 Å². The highest BCUT2D eigenvalue weighted by atomic mass is 79.9. The molecule has 3 aromatic carbocycles. The van der Waals surface area contributed by atoms with E-state index in [1.807, 2.05) is 56.3 Å². The van der Waals surface area contributed by atoms with Crippen molar-refractivity contribution in [3.05, 3.63) is 87.4 Å². The van der Waals surface area contributed by atoms with Gasteiger partial charge in [-0.2, -0.15) is 0 Å². The van der Waals surface area contributed by atoms with Gasteiger partial charge in [0, 0.05) is 16.7 Å². The number of halogens is 1. The van der Waals surface area contributed by atoms with Crippen molar-refractivity contribution in [2.75, 3.05) is 11.9 Å². The van der Waals surface area contributed by atoms with Crippen molar-refractivity contribution in [1.82, 2.24) is 0 Å². The van der Waals surface area contributed by atoms with Crippen LogP contribution in [-0.2, 0) is 13.2 Å². The van der Waals surface area contributed by atoms with Crippen LogP contribution in [0, 0.1) is 6.92 Å². The fraction of sp³-hybridized carbons (Fsp3) is 0.208. The average Bonchev–Trinajstić information content (AvgIpc) is 2.74. The summed E-state index contributed by atoms with van der Waals surface area (Å²) in [5.41, 5.74) is 4.13. The van der Waals surface area contributed by atoms with Crippen LogP contribution in [-0.4, -0.2) is 17.7 Å². The first-order valence-corrected chi connectivity index (χ1v) is 10.5. The van der Waals surface area contributed by atoms with E-state index in [2.05, 4.69) is 21.2 Å². The van der Waals surface area contributed by atoms with E-state index in [0.717, 1.165) is 26.9 Å². The quantitative estimate of drug-likeness (QED) is 0.399. The van der Waals surface area contributed by atoms with E-state index >= 15 is 0 Å². The summed E-state index contributed by atoms with van der Waals surface area (Å²) in [7, 11) is 0. The van der Waals surface area contributed by atoms with E-state index in [1.54, 1.807) is 18.2 Å². The molecule has 0 fully saturated rings. The number of benzene rings is 3. The Labute approximate surface area is 184 Å². The van der Waals surface area contributed by atoms with Gasteiger partial charge in [0.25, 0.3) is 0 Å². The third-order valence-electron chi connectivity index (χ3n) is 4.59. The third-order valence-corrected chi connectivity index (χ3v) is 5.33. The average molecular weight is 470 g/mol. The molecule has 5 nitrogen and oxygen atoms in total. The predicted octanol–water partition coefficient (Wildman–Crippen LogP) is 6.05. The zero-order valence-corrected chi connectivity index (χ0v) is 18.5. The van der Waals surface area contributed by atoms with Crippen molar-refractivity contribution in [2.45, 2.75) is 27.0 Å². The minimum absolute atomic E-state index is 0.276. The lowest BCUT2D eigenvalue weighted by atomic mass is 10.1. The number of carboxylic acids is 1. The van der Waals surface area contributed by atoms with Gasteiger partial charge in [-0.25, -0.2) is 4.79 Å². The molecule has 0 aliphatic heterocycles. The lowest BCUT2D eigenvalue weighted by Crippen LogP contribution is -2.05. The number of rotatable bonds is 9. The first-order chi connectivity index (χ1) is 14.5. The second-order valence-corrected chi connectivity index (χ2v) is 7.64. The molecule has 0 spiro atoms. The highest BCUT2D eigenvalue weighted by Gasteiger charge is 2.12. The van der Waals surface area contributed by atoms with E-state index in [4.69, 9.17) is 14.6 Å². The Morgan fingerprint density at radius 1 is 1.03 bits per heavy atom. The normalized spacial score (nSPS) is 10.5. The first kappa shape index (κ1) is 21.7. The van der Waals surface area contributed by atoms with E-state index in [0.29, 0.717) is 31.3 Å². The van der Waals surface area contributed by atoms with Gasteiger partial charge in [0.2, 0.25) is 0 Å². The fourth-order valence-electron chi connectivity index (χ4n) is 3.01. The van der Waals surface area contributed by atoms with Crippen molar-refractivity contribution in [3.8, 4) is 11.5 Å². The summed E-state index contributed by atoms with van der Waals surface area (Å²) in [6, 6.07) is 18.9. The number of aryl methyl sites for hydroxylation is 1. The topological polar surface area (TPSA) is 67.8 Å². The van der Waals surface area contributed by atoms with Crippen LogP contribution < -0.4 is 14.8 Å². The van der Waals surface area contributed by atoms with Gasteiger partial charge in [-0.3, -0.25) is 0 Å². The summed E-state index contributed by atoms with van der Waals surface area (Å²) in [5.74, 6) is 0.435. The summed E-state index contributed by atoms with van der Waals surface area (Å²) in [4.78, 5) is 11.1. The van der Waals surface area contributed by atoms with Crippen LogP contribution >= 0.6 is 15.9 Å². The number of hydrogen-bond acceptors (Lipinski definition) is 4. The number of hydrogen-bond donors (Lipinski definition) is 2. The van der Waals surface area contributed by atoms with Crippen LogP contribution in [0.2, 0.25) is 0 Å². The van der Waals surface area contributed by atoms with Crippen LogP contribution in [0.25, 0.3) is 0 Å². The van der Waals surface area contributed by atoms with E-state index in [-0.39, 0.29) is 5.56 Å². The van der Waals surface area contributed by atoms with Gasteiger partial charge in [0.05, 0.1) is 12.2 Å². The Balaban J connectivity index is 1.75. The monoisotopic (exact) mass is 469 g/mol. The molecule has 30 heavy (non-hydrogen) atoms. The molecule has 2 N–H and O–H groups in total. The summed E-state index contributed by atoms with van der Waals surface area (Å²) in [6.45, 7) is 5.36. The lowest BCUT2D eigenvalue weighted by Gasteiger charge is -2.16. The molecule has 156 valence electrons. The Kier molecular flexibility index (Phi) is 7.36. The summed E-state index contributed by atoms with van der Waals surface area (Å²) in [6.07, 6.45) is 0. The zero-order chi connectivity index (χ0) is 21.5. The molecule has 0 unspecified atom stereocenters. The molecule has 0 aliphatic carbocycles. The van der Waals surface area contributed by atoms with Crippen LogP contribution in [0.15, 0.2) is 65.1 Å². The van der Waals surface area contributed by atoms with Gasteiger partial charge in [-0.05, 0) is 60.9 Å². The van der Waals surface area contributed by atoms with Crippen molar-refractivity contribution in [1.29, 1.82) is 0 Å².